The van der Waals surface area contributed by atoms with Crippen LogP contribution in [0.1, 0.15) is 12.8 Å². The van der Waals surface area contributed by atoms with Gasteiger partial charge in [-0.2, -0.15) is 0 Å². The number of nitrogens with one attached hydrogen (secondary N) is 1. The highest BCUT2D eigenvalue weighted by Crippen LogP contribution is 2.27. The minimum atomic E-state index is -0.303. The fourth-order valence-corrected chi connectivity index (χ4v) is 3.78. The molecule has 1 saturated heterocycles. The Morgan fingerprint density at radius 1 is 1.12 bits per heavy atom. The van der Waals surface area contributed by atoms with Crippen LogP contribution in [-0.2, 0) is 4.79 Å². The summed E-state index contributed by atoms with van der Waals surface area (Å²) in [7, 11) is 0. The third-order valence-corrected chi connectivity index (χ3v) is 4.85. The molecule has 1 atom stereocenters. The number of nitrogens with zero attached hydrogens (tertiary/aromatic N) is 3. The van der Waals surface area contributed by atoms with E-state index in [9.17, 15) is 4.79 Å². The van der Waals surface area contributed by atoms with Gasteiger partial charge in [-0.05, 0) is 43.2 Å². The number of carbonyl (C=O) groups is 1. The highest BCUT2D eigenvalue weighted by atomic mass is 35.5. The van der Waals surface area contributed by atoms with Crippen LogP contribution in [0.15, 0.2) is 48.7 Å². The van der Waals surface area contributed by atoms with Crippen molar-refractivity contribution in [2.24, 2.45) is 0 Å². The molecule has 1 amide bonds. The van der Waals surface area contributed by atoms with Gasteiger partial charge in [-0.3, -0.25) is 9.78 Å². The Morgan fingerprint density at radius 3 is 2.62 bits per heavy atom. The lowest BCUT2D eigenvalue weighted by molar-refractivity contribution is -0.117. The van der Waals surface area contributed by atoms with Gasteiger partial charge in [0.25, 0.3) is 0 Å². The maximum atomic E-state index is 12.8. The van der Waals surface area contributed by atoms with Crippen LogP contribution in [0.3, 0.4) is 0 Å². The number of rotatable bonds is 3. The van der Waals surface area contributed by atoms with Crippen LogP contribution in [0, 0.1) is 0 Å². The van der Waals surface area contributed by atoms with E-state index in [1.165, 1.54) is 0 Å². The van der Waals surface area contributed by atoms with Crippen molar-refractivity contribution in [3.63, 3.8) is 0 Å². The SMILES string of the molecule is O=C(Nc1cc(Cl)cc(Cl)c1)[C@@H]1CCCN1c1cnc2ccccc2n1. The largest absolute Gasteiger partial charge is 0.343 e. The molecule has 5 nitrogen and oxygen atoms in total. The van der Waals surface area contributed by atoms with Crippen molar-refractivity contribution in [2.45, 2.75) is 18.9 Å². The van der Waals surface area contributed by atoms with Gasteiger partial charge < -0.3 is 10.2 Å². The van der Waals surface area contributed by atoms with Crippen LogP contribution in [0.25, 0.3) is 11.0 Å². The van der Waals surface area contributed by atoms with Crippen molar-refractivity contribution in [1.82, 2.24) is 9.97 Å². The van der Waals surface area contributed by atoms with Crippen molar-refractivity contribution in [1.29, 1.82) is 0 Å². The first-order valence-corrected chi connectivity index (χ1v) is 9.11. The number of benzene rings is 2. The molecule has 7 heteroatoms. The highest BCUT2D eigenvalue weighted by molar-refractivity contribution is 6.35. The minimum absolute atomic E-state index is 0.101. The molecule has 132 valence electrons. The summed E-state index contributed by atoms with van der Waals surface area (Å²) in [5.74, 6) is 0.612. The molecule has 1 aliphatic heterocycles. The highest BCUT2D eigenvalue weighted by Gasteiger charge is 2.32. The third kappa shape index (κ3) is 3.45. The Kier molecular flexibility index (Phi) is 4.66. The molecule has 1 aliphatic rings. The van der Waals surface area contributed by atoms with Crippen molar-refractivity contribution in [2.75, 3.05) is 16.8 Å². The van der Waals surface area contributed by atoms with E-state index < -0.39 is 0 Å². The number of amides is 1. The number of carbonyl (C=O) groups excluding carboxylic acids is 1. The fourth-order valence-electron chi connectivity index (χ4n) is 3.25. The predicted octanol–water partition coefficient (Wildman–Crippen LogP) is 4.54. The van der Waals surface area contributed by atoms with Crippen LogP contribution in [-0.4, -0.2) is 28.5 Å². The molecule has 4 rings (SSSR count). The summed E-state index contributed by atoms with van der Waals surface area (Å²) in [5, 5.41) is 3.87. The summed E-state index contributed by atoms with van der Waals surface area (Å²) >= 11 is 12.0. The van der Waals surface area contributed by atoms with Gasteiger partial charge in [-0.1, -0.05) is 35.3 Å². The predicted molar refractivity (Wildman–Crippen MR) is 105 cm³/mol. The van der Waals surface area contributed by atoms with E-state index in [1.807, 2.05) is 29.2 Å². The van der Waals surface area contributed by atoms with Crippen LogP contribution in [0.5, 0.6) is 0 Å². The van der Waals surface area contributed by atoms with Gasteiger partial charge in [0.1, 0.15) is 11.9 Å². The minimum Gasteiger partial charge on any atom is -0.343 e. The molecule has 0 unspecified atom stereocenters. The molecule has 3 aromatic rings. The maximum absolute atomic E-state index is 12.8. The summed E-state index contributed by atoms with van der Waals surface area (Å²) < 4.78 is 0. The van der Waals surface area contributed by atoms with Gasteiger partial charge in [0.2, 0.25) is 5.91 Å². The summed E-state index contributed by atoms with van der Waals surface area (Å²) in [6.07, 6.45) is 3.40. The van der Waals surface area contributed by atoms with Gasteiger partial charge in [-0.15, -0.1) is 0 Å². The van der Waals surface area contributed by atoms with Crippen LogP contribution in [0.2, 0.25) is 10.0 Å². The van der Waals surface area contributed by atoms with Crippen molar-refractivity contribution in [3.05, 3.63) is 58.7 Å². The first-order chi connectivity index (χ1) is 12.6. The average Bonchev–Trinajstić information content (AvgIpc) is 3.10. The molecular formula is C19H16Cl2N4O. The third-order valence-electron chi connectivity index (χ3n) is 4.42. The fraction of sp³-hybridized carbons (Fsp3) is 0.211. The second-order valence-corrected chi connectivity index (χ2v) is 7.09. The van der Waals surface area contributed by atoms with Crippen molar-refractivity contribution in [3.8, 4) is 0 Å². The summed E-state index contributed by atoms with van der Waals surface area (Å²) in [5.41, 5.74) is 2.24. The molecule has 1 aromatic heterocycles. The number of aromatic nitrogens is 2. The Bertz CT molecular complexity index is 958. The van der Waals surface area contributed by atoms with E-state index in [-0.39, 0.29) is 11.9 Å². The Balaban J connectivity index is 1.57. The van der Waals surface area contributed by atoms with Gasteiger partial charge in [-0.25, -0.2) is 4.98 Å². The zero-order valence-corrected chi connectivity index (χ0v) is 15.3. The van der Waals surface area contributed by atoms with Crippen molar-refractivity contribution < 1.29 is 4.79 Å². The number of anilines is 2. The molecule has 26 heavy (non-hydrogen) atoms. The van der Waals surface area contributed by atoms with Crippen LogP contribution >= 0.6 is 23.2 Å². The zero-order chi connectivity index (χ0) is 18.1. The quantitative estimate of drug-likeness (QED) is 0.717. The Hall–Kier alpha value is -2.37. The lowest BCUT2D eigenvalue weighted by Crippen LogP contribution is -2.40. The molecule has 0 spiro atoms. The molecule has 0 saturated carbocycles. The normalized spacial score (nSPS) is 16.8. The number of hydrogen-bond donors (Lipinski definition) is 1. The zero-order valence-electron chi connectivity index (χ0n) is 13.8. The smallest absolute Gasteiger partial charge is 0.247 e. The second-order valence-electron chi connectivity index (χ2n) is 6.22. The lowest BCUT2D eigenvalue weighted by atomic mass is 10.2. The summed E-state index contributed by atoms with van der Waals surface area (Å²) in [6.45, 7) is 0.765. The van der Waals surface area contributed by atoms with Crippen molar-refractivity contribution >= 4 is 51.6 Å². The number of fused-ring (bicyclic) bond motifs is 1. The van der Waals surface area contributed by atoms with Gasteiger partial charge in [0, 0.05) is 22.3 Å². The average molecular weight is 387 g/mol. The number of hydrogen-bond acceptors (Lipinski definition) is 4. The van der Waals surface area contributed by atoms with Crippen LogP contribution < -0.4 is 10.2 Å². The monoisotopic (exact) mass is 386 g/mol. The van der Waals surface area contributed by atoms with Gasteiger partial charge in [0.15, 0.2) is 0 Å². The molecule has 1 N–H and O–H groups in total. The lowest BCUT2D eigenvalue weighted by Gasteiger charge is -2.24. The van der Waals surface area contributed by atoms with Gasteiger partial charge in [0.05, 0.1) is 17.2 Å². The Morgan fingerprint density at radius 2 is 1.85 bits per heavy atom. The second kappa shape index (κ2) is 7.09. The first kappa shape index (κ1) is 17.1. The van der Waals surface area contributed by atoms with E-state index >= 15 is 0 Å². The molecule has 1 fully saturated rings. The van der Waals surface area contributed by atoms with E-state index in [0.717, 1.165) is 30.4 Å². The standard InChI is InChI=1S/C19H16Cl2N4O/c20-12-8-13(21)10-14(9-12)23-19(26)17-6-3-7-25(17)18-11-22-15-4-1-2-5-16(15)24-18/h1-2,4-5,8-11,17H,3,6-7H2,(H,23,26)/t17-/m0/s1. The Labute approximate surface area is 161 Å². The van der Waals surface area contributed by atoms with E-state index in [2.05, 4.69) is 15.3 Å². The molecule has 0 bridgehead atoms. The van der Waals surface area contributed by atoms with Gasteiger partial charge >= 0.3 is 0 Å². The first-order valence-electron chi connectivity index (χ1n) is 8.35. The molecular weight excluding hydrogens is 371 g/mol. The van der Waals surface area contributed by atoms with E-state index in [0.29, 0.717) is 21.6 Å². The molecule has 2 heterocycles. The topological polar surface area (TPSA) is 58.1 Å². The van der Waals surface area contributed by atoms with E-state index in [4.69, 9.17) is 23.2 Å². The van der Waals surface area contributed by atoms with Crippen LogP contribution in [0.4, 0.5) is 11.5 Å². The number of para-hydroxylation sites is 2. The van der Waals surface area contributed by atoms with E-state index in [1.54, 1.807) is 24.4 Å². The summed E-state index contributed by atoms with van der Waals surface area (Å²) in [6, 6.07) is 12.4. The molecule has 2 aromatic carbocycles. The number of halogens is 2. The molecule has 0 aliphatic carbocycles. The summed E-state index contributed by atoms with van der Waals surface area (Å²) in [4.78, 5) is 23.9. The maximum Gasteiger partial charge on any atom is 0.247 e. The molecule has 0 radical (unpaired) electrons.